The van der Waals surface area contributed by atoms with Gasteiger partial charge in [-0.25, -0.2) is 9.37 Å². The number of benzene rings is 2. The van der Waals surface area contributed by atoms with Crippen LogP contribution in [0.1, 0.15) is 11.1 Å². The first kappa shape index (κ1) is 16.3. The first-order valence-corrected chi connectivity index (χ1v) is 8.81. The van der Waals surface area contributed by atoms with Crippen molar-refractivity contribution in [3.63, 3.8) is 0 Å². The van der Waals surface area contributed by atoms with E-state index in [4.69, 9.17) is 0 Å². The third-order valence-electron chi connectivity index (χ3n) is 3.82. The van der Waals surface area contributed by atoms with E-state index >= 15 is 0 Å². The lowest BCUT2D eigenvalue weighted by atomic mass is 10.1. The topological polar surface area (TPSA) is 48.7 Å². The van der Waals surface area contributed by atoms with E-state index in [-0.39, 0.29) is 5.82 Å². The molecule has 3 nitrogen and oxygen atoms in total. The highest BCUT2D eigenvalue weighted by Crippen LogP contribution is 2.32. The van der Waals surface area contributed by atoms with Gasteiger partial charge in [-0.2, -0.15) is 5.26 Å². The number of nitriles is 1. The van der Waals surface area contributed by atoms with Gasteiger partial charge in [0.25, 0.3) is 0 Å². The van der Waals surface area contributed by atoms with Gasteiger partial charge in [0, 0.05) is 11.9 Å². The molecule has 0 fully saturated rings. The van der Waals surface area contributed by atoms with E-state index in [9.17, 15) is 9.65 Å². The molecule has 0 radical (unpaired) electrons. The predicted octanol–water partition coefficient (Wildman–Crippen LogP) is 4.62. The molecule has 1 heterocycles. The zero-order valence-electron chi connectivity index (χ0n) is 13.2. The molecule has 0 aliphatic heterocycles. The van der Waals surface area contributed by atoms with Gasteiger partial charge in [-0.3, -0.25) is 0 Å². The number of nitrogens with zero attached hydrogens (tertiary/aromatic N) is 2. The Kier molecular flexibility index (Phi) is 4.97. The number of nitrogens with one attached hydrogen (secondary N) is 1. The van der Waals surface area contributed by atoms with Gasteiger partial charge in [0.1, 0.15) is 22.5 Å². The largest absolute Gasteiger partial charge is 0.383 e. The standard InChI is InChI=1S/C19H16FN3S/c1-24-19-15(12-21)18(14-7-3-5-9-17(14)23-19)22-11-10-13-6-2-4-8-16(13)20/h2-9H,10-11H2,1H3,(H,22,23). The minimum atomic E-state index is -0.204. The van der Waals surface area contributed by atoms with Gasteiger partial charge in [0.2, 0.25) is 0 Å². The molecule has 3 rings (SSSR count). The van der Waals surface area contributed by atoms with Crippen LogP contribution in [-0.4, -0.2) is 17.8 Å². The van der Waals surface area contributed by atoms with Gasteiger partial charge in [-0.1, -0.05) is 36.4 Å². The number of rotatable bonds is 5. The maximum absolute atomic E-state index is 13.7. The second-order valence-electron chi connectivity index (χ2n) is 5.27. The predicted molar refractivity (Wildman–Crippen MR) is 96.8 cm³/mol. The number of pyridine rings is 1. The summed E-state index contributed by atoms with van der Waals surface area (Å²) in [5.74, 6) is -0.204. The number of fused-ring (bicyclic) bond motifs is 1. The highest BCUT2D eigenvalue weighted by Gasteiger charge is 2.14. The molecule has 0 atom stereocenters. The van der Waals surface area contributed by atoms with Crippen LogP contribution < -0.4 is 5.32 Å². The number of thioether (sulfide) groups is 1. The van der Waals surface area contributed by atoms with Crippen molar-refractivity contribution in [3.05, 3.63) is 65.5 Å². The molecule has 0 saturated heterocycles. The van der Waals surface area contributed by atoms with Gasteiger partial charge in [0.15, 0.2) is 0 Å². The second kappa shape index (κ2) is 7.33. The number of hydrogen-bond donors (Lipinski definition) is 1. The Bertz CT molecular complexity index is 918. The van der Waals surface area contributed by atoms with E-state index in [1.54, 1.807) is 12.1 Å². The molecule has 120 valence electrons. The fraction of sp³-hybridized carbons (Fsp3) is 0.158. The van der Waals surface area contributed by atoms with Crippen molar-refractivity contribution in [2.45, 2.75) is 11.4 Å². The third-order valence-corrected chi connectivity index (χ3v) is 4.50. The minimum Gasteiger partial charge on any atom is -0.383 e. The van der Waals surface area contributed by atoms with E-state index in [0.717, 1.165) is 16.6 Å². The summed E-state index contributed by atoms with van der Waals surface area (Å²) in [4.78, 5) is 4.55. The van der Waals surface area contributed by atoms with Crippen LogP contribution in [0.4, 0.5) is 10.1 Å². The highest BCUT2D eigenvalue weighted by molar-refractivity contribution is 7.98. The summed E-state index contributed by atoms with van der Waals surface area (Å²) in [6, 6.07) is 16.7. The van der Waals surface area contributed by atoms with E-state index in [2.05, 4.69) is 16.4 Å². The van der Waals surface area contributed by atoms with Crippen molar-refractivity contribution in [3.8, 4) is 6.07 Å². The van der Waals surface area contributed by atoms with Gasteiger partial charge in [0.05, 0.1) is 11.2 Å². The first-order valence-electron chi connectivity index (χ1n) is 7.58. The summed E-state index contributed by atoms with van der Waals surface area (Å²) in [5, 5.41) is 14.5. The van der Waals surface area contributed by atoms with Crippen LogP contribution in [0.3, 0.4) is 0 Å². The van der Waals surface area contributed by atoms with Gasteiger partial charge in [-0.15, -0.1) is 11.8 Å². The fourth-order valence-electron chi connectivity index (χ4n) is 2.65. The van der Waals surface area contributed by atoms with Crippen molar-refractivity contribution >= 4 is 28.4 Å². The Morgan fingerprint density at radius 2 is 1.92 bits per heavy atom. The Hall–Kier alpha value is -2.58. The second-order valence-corrected chi connectivity index (χ2v) is 6.06. The molecule has 0 bridgehead atoms. The fourth-order valence-corrected chi connectivity index (χ4v) is 3.19. The van der Waals surface area contributed by atoms with Crippen molar-refractivity contribution in [1.29, 1.82) is 5.26 Å². The van der Waals surface area contributed by atoms with Crippen LogP contribution in [0.2, 0.25) is 0 Å². The zero-order chi connectivity index (χ0) is 16.9. The van der Waals surface area contributed by atoms with E-state index in [1.807, 2.05) is 36.6 Å². The molecule has 0 unspecified atom stereocenters. The van der Waals surface area contributed by atoms with E-state index in [1.165, 1.54) is 17.8 Å². The number of para-hydroxylation sites is 1. The summed E-state index contributed by atoms with van der Waals surface area (Å²) < 4.78 is 13.7. The number of aromatic nitrogens is 1. The van der Waals surface area contributed by atoms with Crippen molar-refractivity contribution in [2.24, 2.45) is 0 Å². The monoisotopic (exact) mass is 337 g/mol. The maximum Gasteiger partial charge on any atom is 0.126 e. The number of hydrogen-bond acceptors (Lipinski definition) is 4. The van der Waals surface area contributed by atoms with Crippen LogP contribution in [0.25, 0.3) is 10.9 Å². The van der Waals surface area contributed by atoms with Gasteiger partial charge < -0.3 is 5.32 Å². The average molecular weight is 337 g/mol. The maximum atomic E-state index is 13.7. The third kappa shape index (κ3) is 3.19. The summed E-state index contributed by atoms with van der Waals surface area (Å²) in [6.45, 7) is 0.539. The van der Waals surface area contributed by atoms with Gasteiger partial charge >= 0.3 is 0 Å². The molecule has 0 aliphatic carbocycles. The lowest BCUT2D eigenvalue weighted by Crippen LogP contribution is -2.09. The molecule has 0 saturated carbocycles. The Morgan fingerprint density at radius 1 is 1.17 bits per heavy atom. The van der Waals surface area contributed by atoms with Crippen LogP contribution in [0.5, 0.6) is 0 Å². The lowest BCUT2D eigenvalue weighted by molar-refractivity contribution is 0.610. The summed E-state index contributed by atoms with van der Waals surface area (Å²) >= 11 is 1.45. The number of anilines is 1. The molecular weight excluding hydrogens is 321 g/mol. The molecular formula is C19H16FN3S. The zero-order valence-corrected chi connectivity index (χ0v) is 14.0. The molecule has 3 aromatic rings. The van der Waals surface area contributed by atoms with Crippen molar-refractivity contribution in [1.82, 2.24) is 4.98 Å². The molecule has 0 amide bonds. The molecule has 0 aliphatic rings. The molecule has 1 aromatic heterocycles. The van der Waals surface area contributed by atoms with Crippen LogP contribution in [0, 0.1) is 17.1 Å². The highest BCUT2D eigenvalue weighted by atomic mass is 32.2. The molecule has 2 aromatic carbocycles. The Balaban J connectivity index is 1.93. The summed E-state index contributed by atoms with van der Waals surface area (Å²) in [5.41, 5.74) is 2.81. The van der Waals surface area contributed by atoms with Crippen LogP contribution >= 0.6 is 11.8 Å². The average Bonchev–Trinajstić information content (AvgIpc) is 2.62. The summed E-state index contributed by atoms with van der Waals surface area (Å²) in [7, 11) is 0. The lowest BCUT2D eigenvalue weighted by Gasteiger charge is -2.14. The molecule has 0 spiro atoms. The van der Waals surface area contributed by atoms with Crippen LogP contribution in [0.15, 0.2) is 53.6 Å². The summed E-state index contributed by atoms with van der Waals surface area (Å²) in [6.07, 6.45) is 2.45. The normalized spacial score (nSPS) is 10.5. The van der Waals surface area contributed by atoms with E-state index in [0.29, 0.717) is 29.1 Å². The SMILES string of the molecule is CSc1nc2ccccc2c(NCCc2ccccc2F)c1C#N. The first-order chi connectivity index (χ1) is 11.7. The molecule has 5 heteroatoms. The molecule has 1 N–H and O–H groups in total. The van der Waals surface area contributed by atoms with Crippen molar-refractivity contribution in [2.75, 3.05) is 18.1 Å². The van der Waals surface area contributed by atoms with Crippen molar-refractivity contribution < 1.29 is 4.39 Å². The Labute approximate surface area is 144 Å². The van der Waals surface area contributed by atoms with E-state index < -0.39 is 0 Å². The van der Waals surface area contributed by atoms with Gasteiger partial charge in [-0.05, 0) is 30.4 Å². The van der Waals surface area contributed by atoms with Crippen LogP contribution in [-0.2, 0) is 6.42 Å². The minimum absolute atomic E-state index is 0.204. The Morgan fingerprint density at radius 3 is 2.67 bits per heavy atom. The molecule has 24 heavy (non-hydrogen) atoms. The smallest absolute Gasteiger partial charge is 0.126 e. The quantitative estimate of drug-likeness (QED) is 0.690. The number of halogens is 1.